The van der Waals surface area contributed by atoms with Crippen molar-refractivity contribution >= 4 is 41.9 Å². The molecule has 0 radical (unpaired) electrons. The van der Waals surface area contributed by atoms with Crippen LogP contribution in [0.25, 0.3) is 0 Å². The highest BCUT2D eigenvalue weighted by Gasteiger charge is 2.27. The van der Waals surface area contributed by atoms with E-state index < -0.39 is 10.0 Å². The lowest BCUT2D eigenvalue weighted by Gasteiger charge is -2.20. The molecule has 0 atom stereocenters. The third-order valence-electron chi connectivity index (χ3n) is 2.69. The van der Waals surface area contributed by atoms with Gasteiger partial charge in [0.2, 0.25) is 10.0 Å². The standard InChI is InChI=1S/C11H13Br2NO3S/c12-9-2-3-11(10(13)8-9)18(15,16)14-4-1-6-17-7-5-14/h2-3,8H,1,4-7H2. The molecule has 0 unspecified atom stereocenters. The zero-order chi connectivity index (χ0) is 13.2. The van der Waals surface area contributed by atoms with Gasteiger partial charge >= 0.3 is 0 Å². The molecule has 0 bridgehead atoms. The summed E-state index contributed by atoms with van der Waals surface area (Å²) in [5.74, 6) is 0. The largest absolute Gasteiger partial charge is 0.380 e. The summed E-state index contributed by atoms with van der Waals surface area (Å²) in [6.45, 7) is 1.98. The van der Waals surface area contributed by atoms with Crippen LogP contribution in [0.5, 0.6) is 0 Å². The van der Waals surface area contributed by atoms with Crippen LogP contribution in [0.2, 0.25) is 0 Å². The molecule has 2 rings (SSSR count). The molecule has 1 aliphatic heterocycles. The molecule has 100 valence electrons. The van der Waals surface area contributed by atoms with E-state index in [1.807, 2.05) is 0 Å². The summed E-state index contributed by atoms with van der Waals surface area (Å²) in [6, 6.07) is 5.07. The Kier molecular flexibility index (Phi) is 4.82. The molecule has 1 aromatic carbocycles. The van der Waals surface area contributed by atoms with Gasteiger partial charge in [0.05, 0.1) is 11.5 Å². The van der Waals surface area contributed by atoms with Crippen LogP contribution in [0.15, 0.2) is 32.0 Å². The Morgan fingerprint density at radius 2 is 1.94 bits per heavy atom. The molecule has 1 saturated heterocycles. The molecule has 7 heteroatoms. The number of ether oxygens (including phenoxy) is 1. The van der Waals surface area contributed by atoms with Crippen molar-refractivity contribution in [1.29, 1.82) is 0 Å². The first-order valence-electron chi connectivity index (χ1n) is 5.55. The fourth-order valence-electron chi connectivity index (χ4n) is 1.79. The quantitative estimate of drug-likeness (QED) is 0.769. The zero-order valence-corrected chi connectivity index (χ0v) is 13.6. The average Bonchev–Trinajstić information content (AvgIpc) is 2.57. The van der Waals surface area contributed by atoms with Gasteiger partial charge in [0.1, 0.15) is 0 Å². The van der Waals surface area contributed by atoms with Crippen molar-refractivity contribution in [2.45, 2.75) is 11.3 Å². The lowest BCUT2D eigenvalue weighted by atomic mass is 10.4. The number of nitrogens with zero attached hydrogens (tertiary/aromatic N) is 1. The smallest absolute Gasteiger partial charge is 0.244 e. The van der Waals surface area contributed by atoms with Crippen molar-refractivity contribution < 1.29 is 13.2 Å². The van der Waals surface area contributed by atoms with Crippen molar-refractivity contribution in [2.24, 2.45) is 0 Å². The summed E-state index contributed by atoms with van der Waals surface area (Å²) in [6.07, 6.45) is 0.730. The number of hydrogen-bond donors (Lipinski definition) is 0. The number of hydrogen-bond acceptors (Lipinski definition) is 3. The summed E-state index contributed by atoms with van der Waals surface area (Å²) in [7, 11) is -3.45. The van der Waals surface area contributed by atoms with Gasteiger partial charge in [0.15, 0.2) is 0 Å². The Morgan fingerprint density at radius 3 is 2.67 bits per heavy atom. The van der Waals surface area contributed by atoms with Crippen molar-refractivity contribution in [3.8, 4) is 0 Å². The van der Waals surface area contributed by atoms with E-state index in [0.29, 0.717) is 35.7 Å². The first kappa shape index (κ1) is 14.5. The molecule has 0 amide bonds. The number of rotatable bonds is 2. The van der Waals surface area contributed by atoms with E-state index in [2.05, 4.69) is 31.9 Å². The Morgan fingerprint density at radius 1 is 1.17 bits per heavy atom. The molecule has 4 nitrogen and oxygen atoms in total. The molecule has 1 heterocycles. The van der Waals surface area contributed by atoms with Crippen LogP contribution in [-0.2, 0) is 14.8 Å². The van der Waals surface area contributed by atoms with Crippen molar-refractivity contribution in [1.82, 2.24) is 4.31 Å². The van der Waals surface area contributed by atoms with Crippen LogP contribution in [0, 0.1) is 0 Å². The predicted molar refractivity (Wildman–Crippen MR) is 76.0 cm³/mol. The molecule has 1 fully saturated rings. The average molecular weight is 399 g/mol. The van der Waals surface area contributed by atoms with Gasteiger partial charge in [0.25, 0.3) is 0 Å². The van der Waals surface area contributed by atoms with Gasteiger partial charge in [0, 0.05) is 28.6 Å². The van der Waals surface area contributed by atoms with Gasteiger partial charge in [-0.1, -0.05) is 15.9 Å². The maximum Gasteiger partial charge on any atom is 0.244 e. The van der Waals surface area contributed by atoms with E-state index in [1.54, 1.807) is 18.2 Å². The predicted octanol–water partition coefficient (Wildman–Crippen LogP) is 2.62. The number of benzene rings is 1. The highest BCUT2D eigenvalue weighted by atomic mass is 79.9. The molecular weight excluding hydrogens is 386 g/mol. The first-order valence-corrected chi connectivity index (χ1v) is 8.57. The third-order valence-corrected chi connectivity index (χ3v) is 6.06. The minimum absolute atomic E-state index is 0.299. The Bertz CT molecular complexity index is 525. The van der Waals surface area contributed by atoms with Gasteiger partial charge in [-0.05, 0) is 40.5 Å². The number of halogens is 2. The van der Waals surface area contributed by atoms with Gasteiger partial charge in [-0.25, -0.2) is 8.42 Å². The van der Waals surface area contributed by atoms with E-state index in [9.17, 15) is 8.42 Å². The summed E-state index contributed by atoms with van der Waals surface area (Å²) < 4.78 is 33.2. The molecule has 0 spiro atoms. The summed E-state index contributed by atoms with van der Waals surface area (Å²) >= 11 is 6.62. The van der Waals surface area contributed by atoms with Crippen molar-refractivity contribution in [3.05, 3.63) is 27.1 Å². The molecule has 0 saturated carbocycles. The minimum Gasteiger partial charge on any atom is -0.380 e. The minimum atomic E-state index is -3.45. The summed E-state index contributed by atoms with van der Waals surface area (Å²) in [4.78, 5) is 0.299. The van der Waals surface area contributed by atoms with E-state index in [0.717, 1.165) is 10.9 Å². The van der Waals surface area contributed by atoms with Crippen LogP contribution in [-0.4, -0.2) is 39.0 Å². The fraction of sp³-hybridized carbons (Fsp3) is 0.455. The topological polar surface area (TPSA) is 46.6 Å². The monoisotopic (exact) mass is 397 g/mol. The third kappa shape index (κ3) is 3.14. The van der Waals surface area contributed by atoms with E-state index in [-0.39, 0.29) is 0 Å². The molecule has 0 aliphatic carbocycles. The van der Waals surface area contributed by atoms with Gasteiger partial charge in [-0.15, -0.1) is 0 Å². The normalized spacial score (nSPS) is 18.6. The second-order valence-electron chi connectivity index (χ2n) is 3.94. The Labute approximate surface area is 124 Å². The van der Waals surface area contributed by atoms with Crippen LogP contribution in [0.1, 0.15) is 6.42 Å². The van der Waals surface area contributed by atoms with Gasteiger partial charge < -0.3 is 4.74 Å². The maximum atomic E-state index is 12.5. The number of sulfonamides is 1. The molecule has 1 aromatic rings. The van der Waals surface area contributed by atoms with Crippen LogP contribution in [0.3, 0.4) is 0 Å². The van der Waals surface area contributed by atoms with E-state index in [4.69, 9.17) is 4.74 Å². The maximum absolute atomic E-state index is 12.5. The van der Waals surface area contributed by atoms with Crippen LogP contribution >= 0.6 is 31.9 Å². The lowest BCUT2D eigenvalue weighted by Crippen LogP contribution is -2.33. The van der Waals surface area contributed by atoms with Crippen LogP contribution < -0.4 is 0 Å². The summed E-state index contributed by atoms with van der Waals surface area (Å²) in [5.41, 5.74) is 0. The van der Waals surface area contributed by atoms with Gasteiger partial charge in [-0.3, -0.25) is 0 Å². The first-order chi connectivity index (χ1) is 8.51. The SMILES string of the molecule is O=S(=O)(c1ccc(Br)cc1Br)N1CCCOCC1. The molecule has 0 aromatic heterocycles. The van der Waals surface area contributed by atoms with E-state index >= 15 is 0 Å². The molecular formula is C11H13Br2NO3S. The lowest BCUT2D eigenvalue weighted by molar-refractivity contribution is 0.148. The second-order valence-corrected chi connectivity index (χ2v) is 7.62. The summed E-state index contributed by atoms with van der Waals surface area (Å²) in [5, 5.41) is 0. The van der Waals surface area contributed by atoms with Gasteiger partial charge in [-0.2, -0.15) is 4.31 Å². The molecule has 1 aliphatic rings. The second kappa shape index (κ2) is 6.00. The van der Waals surface area contributed by atoms with E-state index in [1.165, 1.54) is 4.31 Å². The molecule has 0 N–H and O–H groups in total. The zero-order valence-electron chi connectivity index (χ0n) is 9.60. The van der Waals surface area contributed by atoms with Crippen molar-refractivity contribution in [3.63, 3.8) is 0 Å². The Hall–Kier alpha value is 0.0500. The Balaban J connectivity index is 2.34. The highest BCUT2D eigenvalue weighted by molar-refractivity contribution is 9.11. The highest BCUT2D eigenvalue weighted by Crippen LogP contribution is 2.28. The fourth-order valence-corrected chi connectivity index (χ4v) is 4.96. The molecule has 18 heavy (non-hydrogen) atoms. The van der Waals surface area contributed by atoms with Crippen LogP contribution in [0.4, 0.5) is 0 Å². The van der Waals surface area contributed by atoms with Crippen molar-refractivity contribution in [2.75, 3.05) is 26.3 Å².